The van der Waals surface area contributed by atoms with Crippen molar-refractivity contribution in [2.75, 3.05) is 12.3 Å². The van der Waals surface area contributed by atoms with Crippen molar-refractivity contribution in [2.24, 2.45) is 0 Å². The van der Waals surface area contributed by atoms with Crippen molar-refractivity contribution >= 4 is 46.4 Å². The number of nitrogens with two attached hydrogens (primary N) is 1. The van der Waals surface area contributed by atoms with E-state index >= 15 is 0 Å². The first kappa shape index (κ1) is 18.8. The number of nitrogen functional groups attached to an aromatic ring is 1. The summed E-state index contributed by atoms with van der Waals surface area (Å²) in [6, 6.07) is 4.90. The van der Waals surface area contributed by atoms with Gasteiger partial charge in [-0.15, -0.1) is 0 Å². The van der Waals surface area contributed by atoms with Crippen LogP contribution >= 0.6 is 35.4 Å². The fourth-order valence-corrected chi connectivity index (χ4v) is 3.34. The number of ether oxygens (including phenoxy) is 1. The molecule has 1 aromatic heterocycles. The molecule has 1 unspecified atom stereocenters. The second kappa shape index (κ2) is 7.59. The van der Waals surface area contributed by atoms with Crippen LogP contribution in [0.15, 0.2) is 23.0 Å². The molecule has 0 aliphatic heterocycles. The molecule has 1 aromatic carbocycles. The first-order valence-electron chi connectivity index (χ1n) is 7.59. The highest BCUT2D eigenvalue weighted by Gasteiger charge is 2.27. The Morgan fingerprint density at radius 2 is 1.88 bits per heavy atom. The molecule has 24 heavy (non-hydrogen) atoms. The molecule has 2 aromatic rings. The minimum atomic E-state index is -0.307. The normalized spacial score (nSPS) is 12.2. The summed E-state index contributed by atoms with van der Waals surface area (Å²) in [6.07, 6.45) is 0.716. The number of nitrogens with zero attached hydrogens (tertiary/aromatic N) is 2. The number of aromatic nitrogens is 2. The highest BCUT2D eigenvalue weighted by Crippen LogP contribution is 2.36. The average molecular weight is 388 g/mol. The van der Waals surface area contributed by atoms with E-state index in [-0.39, 0.29) is 28.2 Å². The minimum absolute atomic E-state index is 0.113. The third kappa shape index (κ3) is 3.18. The van der Waals surface area contributed by atoms with Gasteiger partial charge in [0.05, 0.1) is 28.3 Å². The van der Waals surface area contributed by atoms with Crippen molar-refractivity contribution in [2.45, 2.75) is 33.2 Å². The van der Waals surface area contributed by atoms with Crippen molar-refractivity contribution in [1.29, 1.82) is 0 Å². The van der Waals surface area contributed by atoms with Gasteiger partial charge in [-0.3, -0.25) is 4.79 Å². The van der Waals surface area contributed by atoms with Gasteiger partial charge in [0.1, 0.15) is 5.82 Å². The van der Waals surface area contributed by atoms with E-state index in [9.17, 15) is 4.79 Å². The lowest BCUT2D eigenvalue weighted by Gasteiger charge is -2.17. The Kier molecular flexibility index (Phi) is 5.96. The predicted octanol–water partition coefficient (Wildman–Crippen LogP) is 4.35. The largest absolute Gasteiger partial charge is 0.470 e. The lowest BCUT2D eigenvalue weighted by Crippen LogP contribution is -2.31. The van der Waals surface area contributed by atoms with Crippen LogP contribution in [0.1, 0.15) is 33.2 Å². The molecule has 8 heteroatoms. The molecular weight excluding hydrogens is 369 g/mol. The maximum atomic E-state index is 13.1. The minimum Gasteiger partial charge on any atom is -0.470 e. The summed E-state index contributed by atoms with van der Waals surface area (Å²) >= 11 is 17.8. The van der Waals surface area contributed by atoms with E-state index < -0.39 is 0 Å². The molecule has 0 radical (unpaired) electrons. The van der Waals surface area contributed by atoms with Crippen LogP contribution < -0.4 is 11.3 Å². The van der Waals surface area contributed by atoms with Crippen molar-refractivity contribution in [3.05, 3.63) is 38.6 Å². The van der Waals surface area contributed by atoms with Crippen molar-refractivity contribution in [3.63, 3.8) is 0 Å². The lowest BCUT2D eigenvalue weighted by atomic mass is 10.1. The molecule has 0 saturated carbocycles. The SMILES string of the molecule is CCOC(=S)n1c(N)c(-c2c(Cl)cccc2Cl)c(=O)n1C(C)CC. The number of hydrogen-bond acceptors (Lipinski definition) is 4. The Morgan fingerprint density at radius 3 is 2.38 bits per heavy atom. The molecule has 0 saturated heterocycles. The van der Waals surface area contributed by atoms with Gasteiger partial charge in [0, 0.05) is 5.56 Å². The van der Waals surface area contributed by atoms with Crippen LogP contribution in [0, 0.1) is 0 Å². The summed E-state index contributed by atoms with van der Waals surface area (Å²) in [5.41, 5.74) is 6.58. The summed E-state index contributed by atoms with van der Waals surface area (Å²) in [5.74, 6) is 0.161. The summed E-state index contributed by atoms with van der Waals surface area (Å²) in [7, 11) is 0. The van der Waals surface area contributed by atoms with E-state index in [4.69, 9.17) is 45.9 Å². The second-order valence-electron chi connectivity index (χ2n) is 5.27. The van der Waals surface area contributed by atoms with Gasteiger partial charge in [-0.1, -0.05) is 36.2 Å². The molecule has 0 amide bonds. The first-order chi connectivity index (χ1) is 11.3. The van der Waals surface area contributed by atoms with E-state index in [1.165, 1.54) is 9.36 Å². The number of thiocarbonyl (C=S) groups is 1. The summed E-state index contributed by atoms with van der Waals surface area (Å²) < 4.78 is 8.31. The van der Waals surface area contributed by atoms with Gasteiger partial charge in [0.25, 0.3) is 10.7 Å². The molecular formula is C16H19Cl2N3O2S. The fraction of sp³-hybridized carbons (Fsp3) is 0.375. The van der Waals surface area contributed by atoms with E-state index in [0.717, 1.165) is 0 Å². The van der Waals surface area contributed by atoms with Crippen LogP contribution in [-0.4, -0.2) is 21.1 Å². The molecule has 2 N–H and O–H groups in total. The lowest BCUT2D eigenvalue weighted by molar-refractivity contribution is 0.303. The van der Waals surface area contributed by atoms with Crippen LogP contribution in [0.5, 0.6) is 0 Å². The molecule has 0 aliphatic carbocycles. The first-order valence-corrected chi connectivity index (χ1v) is 8.75. The van der Waals surface area contributed by atoms with Gasteiger partial charge >= 0.3 is 0 Å². The zero-order valence-corrected chi connectivity index (χ0v) is 16.0. The van der Waals surface area contributed by atoms with Gasteiger partial charge in [0.15, 0.2) is 0 Å². The number of rotatable bonds is 4. The predicted molar refractivity (Wildman–Crippen MR) is 103 cm³/mol. The second-order valence-corrected chi connectivity index (χ2v) is 6.44. The van der Waals surface area contributed by atoms with Crippen LogP contribution in [-0.2, 0) is 4.74 Å². The highest BCUT2D eigenvalue weighted by molar-refractivity contribution is 7.80. The number of anilines is 1. The smallest absolute Gasteiger partial charge is 0.284 e. The maximum absolute atomic E-state index is 13.1. The van der Waals surface area contributed by atoms with Crippen LogP contribution in [0.2, 0.25) is 10.0 Å². The quantitative estimate of drug-likeness (QED) is 0.792. The van der Waals surface area contributed by atoms with E-state index in [0.29, 0.717) is 28.6 Å². The Hall–Kier alpha value is -1.50. The molecule has 0 spiro atoms. The van der Waals surface area contributed by atoms with E-state index in [2.05, 4.69) is 0 Å². The molecule has 5 nitrogen and oxygen atoms in total. The molecule has 2 rings (SSSR count). The molecule has 130 valence electrons. The van der Waals surface area contributed by atoms with Crippen molar-refractivity contribution in [1.82, 2.24) is 9.36 Å². The maximum Gasteiger partial charge on any atom is 0.284 e. The highest BCUT2D eigenvalue weighted by atomic mass is 35.5. The van der Waals surface area contributed by atoms with Gasteiger partial charge in [-0.25, -0.2) is 4.68 Å². The third-order valence-electron chi connectivity index (χ3n) is 3.78. The summed E-state index contributed by atoms with van der Waals surface area (Å²) in [6.45, 7) is 6.05. The Balaban J connectivity index is 2.85. The average Bonchev–Trinajstić information content (AvgIpc) is 2.79. The van der Waals surface area contributed by atoms with Gasteiger partial charge < -0.3 is 10.5 Å². The monoisotopic (exact) mass is 387 g/mol. The van der Waals surface area contributed by atoms with Gasteiger partial charge in [0.2, 0.25) is 0 Å². The van der Waals surface area contributed by atoms with E-state index in [1.54, 1.807) is 18.2 Å². The topological polar surface area (TPSA) is 62.2 Å². The molecule has 0 bridgehead atoms. The third-order valence-corrected chi connectivity index (χ3v) is 4.70. The summed E-state index contributed by atoms with van der Waals surface area (Å²) in [4.78, 5) is 13.1. The number of halogens is 2. The fourth-order valence-electron chi connectivity index (χ4n) is 2.45. The Labute approximate surface area is 155 Å². The summed E-state index contributed by atoms with van der Waals surface area (Å²) in [5, 5.41) is 0.811. The zero-order chi connectivity index (χ0) is 18.0. The van der Waals surface area contributed by atoms with Crippen LogP contribution in [0.25, 0.3) is 11.1 Å². The number of benzene rings is 1. The van der Waals surface area contributed by atoms with Gasteiger partial charge in [-0.2, -0.15) is 4.68 Å². The molecule has 1 heterocycles. The molecule has 0 fully saturated rings. The van der Waals surface area contributed by atoms with Crippen LogP contribution in [0.3, 0.4) is 0 Å². The molecule has 1 atom stereocenters. The zero-order valence-electron chi connectivity index (χ0n) is 13.7. The van der Waals surface area contributed by atoms with Gasteiger partial charge in [-0.05, 0) is 44.6 Å². The van der Waals surface area contributed by atoms with E-state index in [1.807, 2.05) is 20.8 Å². The standard InChI is InChI=1S/C16H19Cl2N3O2S/c1-4-9(3)20-15(22)13(12-10(17)7-6-8-11(12)18)14(19)21(20)16(24)23-5-2/h6-9H,4-5,19H2,1-3H3. The molecule has 0 aliphatic rings. The number of hydrogen-bond donors (Lipinski definition) is 1. The van der Waals surface area contributed by atoms with Crippen molar-refractivity contribution in [3.8, 4) is 11.1 Å². The Morgan fingerprint density at radius 1 is 1.29 bits per heavy atom. The van der Waals surface area contributed by atoms with Crippen LogP contribution in [0.4, 0.5) is 5.82 Å². The Bertz CT molecular complexity index is 809. The van der Waals surface area contributed by atoms with Crippen molar-refractivity contribution < 1.29 is 4.74 Å².